The van der Waals surface area contributed by atoms with Gasteiger partial charge in [0, 0.05) is 58.8 Å². The van der Waals surface area contributed by atoms with E-state index in [4.69, 9.17) is 5.10 Å². The Hall–Kier alpha value is -4.85. The number of nitrogens with one attached hydrogen (secondary N) is 3. The summed E-state index contributed by atoms with van der Waals surface area (Å²) in [5.41, 5.74) is 12.6. The lowest BCUT2D eigenvalue weighted by Gasteiger charge is -2.18. The summed E-state index contributed by atoms with van der Waals surface area (Å²) in [6, 6.07) is 16.3. The second kappa shape index (κ2) is 9.89. The monoisotopic (exact) mass is 501 g/mol. The average Bonchev–Trinajstić information content (AvgIpc) is 3.37. The fraction of sp³-hybridized carbons (Fsp3) is 0.167. The van der Waals surface area contributed by atoms with Crippen LogP contribution in [0.1, 0.15) is 37.1 Å². The van der Waals surface area contributed by atoms with Crippen LogP contribution in [0.15, 0.2) is 84.6 Å². The zero-order chi connectivity index (χ0) is 26.1. The highest BCUT2D eigenvalue weighted by atomic mass is 16.1. The molecule has 1 amide bonds. The zero-order valence-corrected chi connectivity index (χ0v) is 21.2. The summed E-state index contributed by atoms with van der Waals surface area (Å²) in [5, 5.41) is 8.68. The Morgan fingerprint density at radius 2 is 1.82 bits per heavy atom. The molecule has 8 heteroatoms. The first-order valence-corrected chi connectivity index (χ1v) is 12.6. The van der Waals surface area contributed by atoms with Crippen molar-refractivity contribution in [3.05, 3.63) is 96.3 Å². The van der Waals surface area contributed by atoms with Gasteiger partial charge in [0.05, 0.1) is 29.8 Å². The number of nitrogens with zero attached hydrogens (tertiary/aromatic N) is 4. The number of pyridine rings is 3. The van der Waals surface area contributed by atoms with E-state index in [1.54, 1.807) is 18.6 Å². The van der Waals surface area contributed by atoms with E-state index in [1.807, 2.05) is 50.5 Å². The third-order valence-corrected chi connectivity index (χ3v) is 6.53. The molecule has 0 radical (unpaired) electrons. The Bertz CT molecular complexity index is 1670. The Morgan fingerprint density at radius 1 is 0.947 bits per heavy atom. The van der Waals surface area contributed by atoms with Gasteiger partial charge in [0.1, 0.15) is 5.71 Å². The second-order valence-corrected chi connectivity index (χ2v) is 9.82. The molecular weight excluding hydrogens is 474 g/mol. The maximum atomic E-state index is 12.3. The van der Waals surface area contributed by atoms with E-state index in [0.717, 1.165) is 55.8 Å². The molecule has 5 aromatic rings. The van der Waals surface area contributed by atoms with Gasteiger partial charge in [-0.3, -0.25) is 19.7 Å². The predicted octanol–water partition coefficient (Wildman–Crippen LogP) is 5.53. The number of carbonyl (C=O) groups excluding carboxylic acids is 1. The van der Waals surface area contributed by atoms with Crippen molar-refractivity contribution in [2.45, 2.75) is 26.8 Å². The van der Waals surface area contributed by atoms with Gasteiger partial charge >= 0.3 is 0 Å². The van der Waals surface area contributed by atoms with Crippen molar-refractivity contribution in [3.8, 4) is 22.4 Å². The van der Waals surface area contributed by atoms with Crippen LogP contribution in [-0.2, 0) is 11.3 Å². The lowest BCUT2D eigenvalue weighted by atomic mass is 9.94. The Labute approximate surface area is 220 Å². The van der Waals surface area contributed by atoms with E-state index in [2.05, 4.69) is 54.9 Å². The van der Waals surface area contributed by atoms with Crippen molar-refractivity contribution in [1.82, 2.24) is 25.4 Å². The minimum absolute atomic E-state index is 0.00989. The summed E-state index contributed by atoms with van der Waals surface area (Å²) >= 11 is 0. The van der Waals surface area contributed by atoms with Crippen LogP contribution >= 0.6 is 0 Å². The molecule has 0 unspecified atom stereocenters. The van der Waals surface area contributed by atoms with Crippen molar-refractivity contribution in [2.24, 2.45) is 11.0 Å². The SMILES string of the molecule is CC(C)CC(=O)Nc1cncc(-c2ccc3c(c2)C(c2cc4c(-c5ccncc5)nccc4[nH]2)=NNC3)c1. The number of fused-ring (bicyclic) bond motifs is 2. The van der Waals surface area contributed by atoms with Crippen LogP contribution in [0.5, 0.6) is 0 Å². The van der Waals surface area contributed by atoms with Crippen molar-refractivity contribution in [2.75, 3.05) is 5.32 Å². The van der Waals surface area contributed by atoms with Crippen LogP contribution < -0.4 is 10.7 Å². The minimum Gasteiger partial charge on any atom is -0.353 e. The molecule has 188 valence electrons. The van der Waals surface area contributed by atoms with E-state index >= 15 is 0 Å². The van der Waals surface area contributed by atoms with Crippen LogP contribution in [0.3, 0.4) is 0 Å². The van der Waals surface area contributed by atoms with Crippen LogP contribution in [0.25, 0.3) is 33.3 Å². The maximum Gasteiger partial charge on any atom is 0.224 e. The van der Waals surface area contributed by atoms with Gasteiger partial charge in [-0.05, 0) is 53.4 Å². The molecule has 0 atom stereocenters. The molecule has 0 saturated carbocycles. The van der Waals surface area contributed by atoms with Gasteiger partial charge in [0.25, 0.3) is 0 Å². The minimum atomic E-state index is -0.00989. The molecule has 0 fully saturated rings. The van der Waals surface area contributed by atoms with Gasteiger partial charge < -0.3 is 15.7 Å². The zero-order valence-electron chi connectivity index (χ0n) is 21.2. The van der Waals surface area contributed by atoms with Crippen LogP contribution in [-0.4, -0.2) is 31.6 Å². The van der Waals surface area contributed by atoms with Crippen molar-refractivity contribution in [3.63, 3.8) is 0 Å². The van der Waals surface area contributed by atoms with E-state index in [0.29, 0.717) is 24.6 Å². The fourth-order valence-electron chi connectivity index (χ4n) is 4.77. The quantitative estimate of drug-likeness (QED) is 0.284. The molecule has 0 bridgehead atoms. The highest BCUT2D eigenvalue weighted by Gasteiger charge is 2.20. The Kier molecular flexibility index (Phi) is 6.13. The number of hydrogen-bond donors (Lipinski definition) is 3. The van der Waals surface area contributed by atoms with Crippen LogP contribution in [0.2, 0.25) is 0 Å². The lowest BCUT2D eigenvalue weighted by molar-refractivity contribution is -0.116. The van der Waals surface area contributed by atoms with E-state index in [9.17, 15) is 4.79 Å². The summed E-state index contributed by atoms with van der Waals surface area (Å²) in [4.78, 5) is 29.0. The van der Waals surface area contributed by atoms with E-state index in [1.165, 1.54) is 0 Å². The molecule has 38 heavy (non-hydrogen) atoms. The molecule has 4 aromatic heterocycles. The van der Waals surface area contributed by atoms with Gasteiger partial charge in [-0.25, -0.2) is 0 Å². The topological polar surface area (TPSA) is 108 Å². The average molecular weight is 502 g/mol. The van der Waals surface area contributed by atoms with Crippen molar-refractivity contribution >= 4 is 28.2 Å². The van der Waals surface area contributed by atoms with Gasteiger partial charge in [-0.15, -0.1) is 0 Å². The van der Waals surface area contributed by atoms with Crippen LogP contribution in [0.4, 0.5) is 5.69 Å². The highest BCUT2D eigenvalue weighted by Crippen LogP contribution is 2.31. The number of anilines is 1. The third kappa shape index (κ3) is 4.64. The summed E-state index contributed by atoms with van der Waals surface area (Å²) in [5.74, 6) is 0.281. The summed E-state index contributed by atoms with van der Waals surface area (Å²) in [6.45, 7) is 4.70. The molecule has 5 heterocycles. The largest absolute Gasteiger partial charge is 0.353 e. The van der Waals surface area contributed by atoms with Gasteiger partial charge in [-0.2, -0.15) is 5.10 Å². The molecule has 1 aliphatic rings. The molecule has 1 aromatic carbocycles. The number of rotatable bonds is 6. The number of aromatic nitrogens is 4. The third-order valence-electron chi connectivity index (χ3n) is 6.53. The molecule has 0 aliphatic carbocycles. The summed E-state index contributed by atoms with van der Waals surface area (Å²) in [7, 11) is 0. The van der Waals surface area contributed by atoms with E-state index in [-0.39, 0.29) is 5.91 Å². The lowest BCUT2D eigenvalue weighted by Crippen LogP contribution is -2.21. The molecule has 1 aliphatic heterocycles. The van der Waals surface area contributed by atoms with Gasteiger partial charge in [0.2, 0.25) is 5.91 Å². The first-order valence-electron chi connectivity index (χ1n) is 12.6. The van der Waals surface area contributed by atoms with Crippen molar-refractivity contribution < 1.29 is 4.79 Å². The number of carbonyl (C=O) groups is 1. The number of hydrazone groups is 1. The summed E-state index contributed by atoms with van der Waals surface area (Å²) in [6.07, 6.45) is 9.32. The molecule has 0 saturated heterocycles. The van der Waals surface area contributed by atoms with Crippen LogP contribution in [0, 0.1) is 5.92 Å². The van der Waals surface area contributed by atoms with Crippen molar-refractivity contribution in [1.29, 1.82) is 0 Å². The van der Waals surface area contributed by atoms with Gasteiger partial charge in [-0.1, -0.05) is 26.0 Å². The van der Waals surface area contributed by atoms with Gasteiger partial charge in [0.15, 0.2) is 0 Å². The number of H-pyrrole nitrogens is 1. The number of benzene rings is 1. The number of aromatic amines is 1. The molecule has 3 N–H and O–H groups in total. The molecule has 6 rings (SSSR count). The Balaban J connectivity index is 1.36. The smallest absolute Gasteiger partial charge is 0.224 e. The maximum absolute atomic E-state index is 12.3. The number of amides is 1. The first-order chi connectivity index (χ1) is 18.5. The first kappa shape index (κ1) is 23.5. The normalized spacial score (nSPS) is 12.7. The van der Waals surface area contributed by atoms with E-state index < -0.39 is 0 Å². The Morgan fingerprint density at radius 3 is 2.66 bits per heavy atom. The number of hydrogen-bond acceptors (Lipinski definition) is 6. The molecule has 0 spiro atoms. The standard InChI is InChI=1S/C30H27N7O/c1-18(2)11-28(38)35-23-12-22(15-32-17-23)20-3-4-21-16-34-37-30(24(21)13-20)27-14-25-26(36-27)7-10-33-29(25)19-5-8-31-9-6-19/h3-10,12-15,17-18,34,36H,11,16H2,1-2H3,(H,35,38). The highest BCUT2D eigenvalue weighted by molar-refractivity contribution is 6.16. The molecular formula is C30H27N7O. The fourth-order valence-corrected chi connectivity index (χ4v) is 4.77. The summed E-state index contributed by atoms with van der Waals surface area (Å²) < 4.78 is 0. The predicted molar refractivity (Wildman–Crippen MR) is 150 cm³/mol. The molecule has 8 nitrogen and oxygen atoms in total. The second-order valence-electron chi connectivity index (χ2n) is 9.82.